The van der Waals surface area contributed by atoms with E-state index in [2.05, 4.69) is 22.3 Å². The first kappa shape index (κ1) is 15.3. The molecule has 0 amide bonds. The minimum atomic E-state index is -0.245. The predicted octanol–water partition coefficient (Wildman–Crippen LogP) is 2.36. The number of rotatable bonds is 5. The van der Waals surface area contributed by atoms with Crippen LogP contribution in [-0.2, 0) is 0 Å². The largest absolute Gasteiger partial charge is 0.358 e. The summed E-state index contributed by atoms with van der Waals surface area (Å²) in [6.45, 7) is 2.70. The number of hydrogen-bond acceptors (Lipinski definition) is 6. The van der Waals surface area contributed by atoms with Crippen LogP contribution >= 0.6 is 11.3 Å². The van der Waals surface area contributed by atoms with Gasteiger partial charge in [0.15, 0.2) is 0 Å². The summed E-state index contributed by atoms with van der Waals surface area (Å²) in [5, 5.41) is 8.26. The minimum Gasteiger partial charge on any atom is -0.358 e. The maximum Gasteiger partial charge on any atom is 0.275 e. The van der Waals surface area contributed by atoms with Gasteiger partial charge in [-0.05, 0) is 25.7 Å². The lowest BCUT2D eigenvalue weighted by Crippen LogP contribution is -2.45. The first-order chi connectivity index (χ1) is 11.5. The van der Waals surface area contributed by atoms with E-state index in [9.17, 15) is 4.79 Å². The van der Waals surface area contributed by atoms with Gasteiger partial charge in [-0.3, -0.25) is 4.79 Å². The first-order valence-corrected chi connectivity index (χ1v) is 8.84. The summed E-state index contributed by atoms with van der Waals surface area (Å²) in [6, 6.07) is 11.2. The second-order valence-electron chi connectivity index (χ2n) is 6.58. The number of nitrogens with zero attached hydrogens (tertiary/aromatic N) is 3. The molecule has 1 aromatic carbocycles. The van der Waals surface area contributed by atoms with Gasteiger partial charge in [0.25, 0.3) is 5.56 Å². The van der Waals surface area contributed by atoms with Gasteiger partial charge >= 0.3 is 0 Å². The molecule has 4 rings (SSSR count). The van der Waals surface area contributed by atoms with E-state index in [1.807, 2.05) is 30.3 Å². The summed E-state index contributed by atoms with van der Waals surface area (Å²) in [6.07, 6.45) is 2.38. The lowest BCUT2D eigenvalue weighted by atomic mass is 9.98. The van der Waals surface area contributed by atoms with E-state index in [-0.39, 0.29) is 11.1 Å². The van der Waals surface area contributed by atoms with Gasteiger partial charge in [-0.25, -0.2) is 4.98 Å². The van der Waals surface area contributed by atoms with Crippen molar-refractivity contribution in [2.75, 3.05) is 11.9 Å². The van der Waals surface area contributed by atoms with Crippen molar-refractivity contribution in [2.45, 2.75) is 25.3 Å². The molecule has 1 fully saturated rings. The van der Waals surface area contributed by atoms with Crippen molar-refractivity contribution < 1.29 is 0 Å². The van der Waals surface area contributed by atoms with Gasteiger partial charge in [0.05, 0.1) is 5.69 Å². The molecule has 0 unspecified atom stereocenters. The molecule has 0 spiro atoms. The Bertz CT molecular complexity index is 927. The molecule has 6 nitrogen and oxygen atoms in total. The van der Waals surface area contributed by atoms with Gasteiger partial charge in [-0.15, -0.1) is 5.10 Å². The second kappa shape index (κ2) is 5.68. The van der Waals surface area contributed by atoms with Crippen LogP contribution in [-0.4, -0.2) is 26.7 Å². The Morgan fingerprint density at radius 2 is 2.12 bits per heavy atom. The third-order valence-corrected chi connectivity index (χ3v) is 5.31. The molecule has 2 aromatic heterocycles. The van der Waals surface area contributed by atoms with Crippen LogP contribution in [0.3, 0.4) is 0 Å². The highest BCUT2D eigenvalue weighted by molar-refractivity contribution is 7.20. The van der Waals surface area contributed by atoms with E-state index in [1.54, 1.807) is 0 Å². The quantitative estimate of drug-likeness (QED) is 0.744. The van der Waals surface area contributed by atoms with Crippen molar-refractivity contribution in [3.05, 3.63) is 46.8 Å². The molecular formula is C17H19N5OS. The Morgan fingerprint density at radius 3 is 2.83 bits per heavy atom. The SMILES string of the molecule is C[C@@](N)(CNc1nn2c(=O)cc(-c3ccccc3)nc2s1)C1CC1. The lowest BCUT2D eigenvalue weighted by molar-refractivity contribution is 0.431. The highest BCUT2D eigenvalue weighted by atomic mass is 32.1. The van der Waals surface area contributed by atoms with Gasteiger partial charge in [-0.2, -0.15) is 4.52 Å². The van der Waals surface area contributed by atoms with Crippen LogP contribution in [0.15, 0.2) is 41.2 Å². The standard InChI is InChI=1S/C17H19N5OS/c1-17(18,12-7-8-12)10-19-15-21-22-14(23)9-13(20-16(22)24-15)11-5-3-2-4-6-11/h2-6,9,12H,7-8,10,18H2,1H3,(H,19,21)/t17-/m1/s1. The number of nitrogens with one attached hydrogen (secondary N) is 1. The molecule has 1 aliphatic carbocycles. The van der Waals surface area contributed by atoms with Crippen LogP contribution in [0, 0.1) is 5.92 Å². The zero-order valence-electron chi connectivity index (χ0n) is 13.4. The molecule has 0 saturated heterocycles. The summed E-state index contributed by atoms with van der Waals surface area (Å²) in [4.78, 5) is 17.5. The van der Waals surface area contributed by atoms with Crippen molar-refractivity contribution in [3.8, 4) is 11.3 Å². The zero-order valence-corrected chi connectivity index (χ0v) is 14.2. The summed E-state index contributed by atoms with van der Waals surface area (Å²) in [7, 11) is 0. The third kappa shape index (κ3) is 2.92. The second-order valence-corrected chi connectivity index (χ2v) is 7.54. The fraction of sp³-hybridized carbons (Fsp3) is 0.353. The first-order valence-electron chi connectivity index (χ1n) is 8.02. The van der Waals surface area contributed by atoms with Crippen LogP contribution in [0.1, 0.15) is 19.8 Å². The fourth-order valence-corrected chi connectivity index (χ4v) is 3.59. The van der Waals surface area contributed by atoms with Gasteiger partial charge in [0.2, 0.25) is 10.1 Å². The Labute approximate surface area is 143 Å². The van der Waals surface area contributed by atoms with Crippen LogP contribution in [0.4, 0.5) is 5.13 Å². The Morgan fingerprint density at radius 1 is 1.38 bits per heavy atom. The van der Waals surface area contributed by atoms with Crippen molar-refractivity contribution in [3.63, 3.8) is 0 Å². The number of benzene rings is 1. The maximum atomic E-state index is 12.3. The predicted molar refractivity (Wildman–Crippen MR) is 96.4 cm³/mol. The normalized spacial score (nSPS) is 16.9. The van der Waals surface area contributed by atoms with Gasteiger partial charge < -0.3 is 11.1 Å². The van der Waals surface area contributed by atoms with Crippen molar-refractivity contribution in [1.29, 1.82) is 0 Å². The number of anilines is 1. The fourth-order valence-electron chi connectivity index (χ4n) is 2.79. The number of fused-ring (bicyclic) bond motifs is 1. The van der Waals surface area contributed by atoms with Crippen LogP contribution in [0.25, 0.3) is 16.2 Å². The van der Waals surface area contributed by atoms with Gasteiger partial charge in [0.1, 0.15) is 0 Å². The zero-order chi connectivity index (χ0) is 16.7. The summed E-state index contributed by atoms with van der Waals surface area (Å²) in [5.74, 6) is 0.574. The summed E-state index contributed by atoms with van der Waals surface area (Å²) < 4.78 is 1.34. The van der Waals surface area contributed by atoms with E-state index in [4.69, 9.17) is 5.73 Å². The van der Waals surface area contributed by atoms with E-state index in [1.165, 1.54) is 34.8 Å². The monoisotopic (exact) mass is 341 g/mol. The van der Waals surface area contributed by atoms with Crippen molar-refractivity contribution >= 4 is 21.4 Å². The van der Waals surface area contributed by atoms with E-state index in [0.717, 1.165) is 5.56 Å². The van der Waals surface area contributed by atoms with E-state index < -0.39 is 0 Å². The van der Waals surface area contributed by atoms with E-state index >= 15 is 0 Å². The molecule has 24 heavy (non-hydrogen) atoms. The van der Waals surface area contributed by atoms with Crippen molar-refractivity contribution in [2.24, 2.45) is 11.7 Å². The lowest BCUT2D eigenvalue weighted by Gasteiger charge is -2.24. The Kier molecular flexibility index (Phi) is 3.62. The van der Waals surface area contributed by atoms with Crippen LogP contribution < -0.4 is 16.6 Å². The number of nitrogens with two attached hydrogens (primary N) is 1. The Hall–Kier alpha value is -2.25. The molecule has 1 saturated carbocycles. The van der Waals surface area contributed by atoms with Crippen LogP contribution in [0.2, 0.25) is 0 Å². The minimum absolute atomic E-state index is 0.180. The molecule has 0 radical (unpaired) electrons. The van der Waals surface area contributed by atoms with Crippen molar-refractivity contribution in [1.82, 2.24) is 14.6 Å². The maximum absolute atomic E-state index is 12.3. The average Bonchev–Trinajstić information content (AvgIpc) is 3.35. The average molecular weight is 341 g/mol. The topological polar surface area (TPSA) is 85.3 Å². The van der Waals surface area contributed by atoms with Gasteiger partial charge in [0, 0.05) is 23.7 Å². The molecule has 3 aromatic rings. The molecule has 1 atom stereocenters. The number of hydrogen-bond donors (Lipinski definition) is 2. The summed E-state index contributed by atoms with van der Waals surface area (Å²) in [5.41, 5.74) is 7.48. The molecule has 3 N–H and O–H groups in total. The highest BCUT2D eigenvalue weighted by Gasteiger charge is 2.38. The van der Waals surface area contributed by atoms with Crippen LogP contribution in [0.5, 0.6) is 0 Å². The Balaban J connectivity index is 1.63. The molecule has 0 bridgehead atoms. The smallest absolute Gasteiger partial charge is 0.275 e. The molecule has 0 aliphatic heterocycles. The van der Waals surface area contributed by atoms with Gasteiger partial charge in [-0.1, -0.05) is 41.7 Å². The molecule has 1 aliphatic rings. The van der Waals surface area contributed by atoms with E-state index in [0.29, 0.717) is 28.2 Å². The molecule has 2 heterocycles. The molecule has 124 valence electrons. The summed E-state index contributed by atoms with van der Waals surface area (Å²) >= 11 is 1.37. The third-order valence-electron chi connectivity index (χ3n) is 4.45. The molecule has 7 heteroatoms. The highest BCUT2D eigenvalue weighted by Crippen LogP contribution is 2.38. The number of aromatic nitrogens is 3. The molecular weight excluding hydrogens is 322 g/mol.